The average Bonchev–Trinajstić information content (AvgIpc) is 1.84. The van der Waals surface area contributed by atoms with E-state index in [2.05, 4.69) is 26.7 Å². The minimum absolute atomic E-state index is 0.0911. The van der Waals surface area contributed by atoms with Crippen molar-refractivity contribution in [2.24, 2.45) is 0 Å². The number of rotatable bonds is 1. The van der Waals surface area contributed by atoms with E-state index in [1.165, 1.54) is 6.42 Å². The fraction of sp³-hybridized carbons (Fsp3) is 0.625. The third kappa shape index (κ3) is 1.97. The molecule has 0 atom stereocenters. The van der Waals surface area contributed by atoms with Crippen molar-refractivity contribution < 1.29 is 4.79 Å². The lowest BCUT2D eigenvalue weighted by Crippen LogP contribution is -2.40. The van der Waals surface area contributed by atoms with Crippen LogP contribution in [-0.2, 0) is 4.79 Å². The van der Waals surface area contributed by atoms with Gasteiger partial charge in [0.1, 0.15) is 0 Å². The van der Waals surface area contributed by atoms with E-state index in [-0.39, 0.29) is 5.91 Å². The van der Waals surface area contributed by atoms with Crippen LogP contribution < -0.4 is 0 Å². The summed E-state index contributed by atoms with van der Waals surface area (Å²) in [6.07, 6.45) is 3.50. The zero-order valence-electron chi connectivity index (χ0n) is 6.43. The third-order valence-electron chi connectivity index (χ3n) is 2.10. The summed E-state index contributed by atoms with van der Waals surface area (Å²) in [5, 5.41) is 0. The molecule has 0 aromatic heterocycles. The predicted octanol–water partition coefficient (Wildman–Crippen LogP) is 1.35. The van der Waals surface area contributed by atoms with Crippen LogP contribution in [0.15, 0.2) is 0 Å². The largest absolute Gasteiger partial charge is 0.332 e. The highest BCUT2D eigenvalue weighted by molar-refractivity contribution is 9.12. The molecule has 3 heteroatoms. The summed E-state index contributed by atoms with van der Waals surface area (Å²) < 4.78 is 0. The molecule has 2 nitrogen and oxygen atoms in total. The van der Waals surface area contributed by atoms with E-state index in [0.717, 1.165) is 12.8 Å². The molecule has 0 heterocycles. The standard InChI is InChI=1S/C8H10BrNO/c1-10(7-3-2-4-7)8(11)5-6-9/h7H,2-4H2,1H3. The molecular formula is C8H10BrNO. The van der Waals surface area contributed by atoms with Crippen molar-refractivity contribution in [3.63, 3.8) is 0 Å². The SMILES string of the molecule is CN(C(=O)C#CBr)C1CCC1. The van der Waals surface area contributed by atoms with E-state index >= 15 is 0 Å². The topological polar surface area (TPSA) is 20.3 Å². The van der Waals surface area contributed by atoms with Crippen molar-refractivity contribution >= 4 is 21.8 Å². The van der Waals surface area contributed by atoms with Gasteiger partial charge in [0.05, 0.1) is 0 Å². The lowest BCUT2D eigenvalue weighted by atomic mass is 9.92. The molecule has 0 saturated heterocycles. The van der Waals surface area contributed by atoms with Gasteiger partial charge >= 0.3 is 0 Å². The fourth-order valence-corrected chi connectivity index (χ4v) is 1.24. The number of amides is 1. The van der Waals surface area contributed by atoms with E-state index in [1.54, 1.807) is 4.90 Å². The van der Waals surface area contributed by atoms with E-state index in [9.17, 15) is 4.79 Å². The van der Waals surface area contributed by atoms with Gasteiger partial charge in [-0.05, 0) is 24.1 Å². The lowest BCUT2D eigenvalue weighted by molar-refractivity contribution is -0.127. The highest BCUT2D eigenvalue weighted by Gasteiger charge is 2.24. The van der Waals surface area contributed by atoms with Gasteiger partial charge in [-0.25, -0.2) is 0 Å². The van der Waals surface area contributed by atoms with Gasteiger partial charge in [0.2, 0.25) is 0 Å². The van der Waals surface area contributed by atoms with Crippen LogP contribution in [0, 0.1) is 10.8 Å². The Balaban J connectivity index is 2.43. The van der Waals surface area contributed by atoms with Crippen LogP contribution in [0.4, 0.5) is 0 Å². The Morgan fingerprint density at radius 3 is 2.64 bits per heavy atom. The molecule has 1 amide bonds. The Labute approximate surface area is 75.1 Å². The molecule has 60 valence electrons. The number of carbonyl (C=O) groups is 1. The molecule has 1 rings (SSSR count). The maximum atomic E-state index is 11.1. The summed E-state index contributed by atoms with van der Waals surface area (Å²) in [5.41, 5.74) is 0. The number of carbonyl (C=O) groups excluding carboxylic acids is 1. The number of hydrogen-bond donors (Lipinski definition) is 0. The minimum Gasteiger partial charge on any atom is -0.332 e. The van der Waals surface area contributed by atoms with Gasteiger partial charge in [0.15, 0.2) is 0 Å². The summed E-state index contributed by atoms with van der Waals surface area (Å²) in [6.45, 7) is 0. The van der Waals surface area contributed by atoms with Crippen molar-refractivity contribution in [3.8, 4) is 10.8 Å². The van der Waals surface area contributed by atoms with E-state index in [4.69, 9.17) is 0 Å². The van der Waals surface area contributed by atoms with Crippen molar-refractivity contribution in [1.29, 1.82) is 0 Å². The van der Waals surface area contributed by atoms with Crippen LogP contribution in [0.3, 0.4) is 0 Å². The van der Waals surface area contributed by atoms with Crippen molar-refractivity contribution in [3.05, 3.63) is 0 Å². The molecule has 0 bridgehead atoms. The molecule has 0 unspecified atom stereocenters. The molecule has 0 aromatic rings. The fourth-order valence-electron chi connectivity index (χ4n) is 1.07. The van der Waals surface area contributed by atoms with E-state index < -0.39 is 0 Å². The zero-order chi connectivity index (χ0) is 8.27. The second-order valence-corrected chi connectivity index (χ2v) is 3.12. The van der Waals surface area contributed by atoms with Gasteiger partial charge in [0.25, 0.3) is 5.91 Å². The lowest BCUT2D eigenvalue weighted by Gasteiger charge is -2.33. The Morgan fingerprint density at radius 2 is 2.27 bits per heavy atom. The Bertz CT molecular complexity index is 212. The maximum absolute atomic E-state index is 11.1. The quantitative estimate of drug-likeness (QED) is 0.606. The summed E-state index contributed by atoms with van der Waals surface area (Å²) in [7, 11) is 1.81. The smallest absolute Gasteiger partial charge is 0.299 e. The summed E-state index contributed by atoms with van der Waals surface area (Å²) in [5.74, 6) is 2.36. The monoisotopic (exact) mass is 215 g/mol. The average molecular weight is 216 g/mol. The van der Waals surface area contributed by atoms with Crippen molar-refractivity contribution in [2.75, 3.05) is 7.05 Å². The molecule has 1 aliphatic carbocycles. The second-order valence-electron chi connectivity index (χ2n) is 2.72. The van der Waals surface area contributed by atoms with Gasteiger partial charge in [0, 0.05) is 34.9 Å². The van der Waals surface area contributed by atoms with Gasteiger partial charge in [-0.2, -0.15) is 0 Å². The van der Waals surface area contributed by atoms with Crippen molar-refractivity contribution in [2.45, 2.75) is 25.3 Å². The first-order valence-corrected chi connectivity index (χ1v) is 4.43. The summed E-state index contributed by atoms with van der Waals surface area (Å²) >= 11 is 2.90. The first-order chi connectivity index (χ1) is 5.25. The van der Waals surface area contributed by atoms with Gasteiger partial charge < -0.3 is 4.90 Å². The predicted molar refractivity (Wildman–Crippen MR) is 47.1 cm³/mol. The highest BCUT2D eigenvalue weighted by atomic mass is 79.9. The zero-order valence-corrected chi connectivity index (χ0v) is 8.02. The van der Waals surface area contributed by atoms with Crippen LogP contribution in [0.2, 0.25) is 0 Å². The first kappa shape index (κ1) is 8.61. The summed E-state index contributed by atoms with van der Waals surface area (Å²) in [6, 6.07) is 0.441. The maximum Gasteiger partial charge on any atom is 0.299 e. The van der Waals surface area contributed by atoms with E-state index in [1.807, 2.05) is 7.05 Å². The Kier molecular flexibility index (Phi) is 2.95. The number of nitrogens with zero attached hydrogens (tertiary/aromatic N) is 1. The Morgan fingerprint density at radius 1 is 1.64 bits per heavy atom. The first-order valence-electron chi connectivity index (χ1n) is 3.64. The molecule has 11 heavy (non-hydrogen) atoms. The molecule has 1 saturated carbocycles. The highest BCUT2D eigenvalue weighted by Crippen LogP contribution is 2.23. The van der Waals surface area contributed by atoms with Crippen LogP contribution in [-0.4, -0.2) is 23.9 Å². The Hall–Kier alpha value is -0.490. The van der Waals surface area contributed by atoms with E-state index in [0.29, 0.717) is 6.04 Å². The molecule has 0 spiro atoms. The van der Waals surface area contributed by atoms with Crippen LogP contribution in [0.1, 0.15) is 19.3 Å². The van der Waals surface area contributed by atoms with Gasteiger partial charge in [-0.1, -0.05) is 0 Å². The van der Waals surface area contributed by atoms with Crippen molar-refractivity contribution in [1.82, 2.24) is 4.90 Å². The van der Waals surface area contributed by atoms with Crippen LogP contribution in [0.5, 0.6) is 0 Å². The minimum atomic E-state index is -0.0911. The van der Waals surface area contributed by atoms with Gasteiger partial charge in [-0.15, -0.1) is 0 Å². The third-order valence-corrected chi connectivity index (χ3v) is 2.30. The molecule has 1 aliphatic rings. The molecule has 0 N–H and O–H groups in total. The molecular weight excluding hydrogens is 206 g/mol. The summed E-state index contributed by atoms with van der Waals surface area (Å²) in [4.78, 5) is 15.2. The van der Waals surface area contributed by atoms with Gasteiger partial charge in [-0.3, -0.25) is 4.79 Å². The molecule has 1 fully saturated rings. The normalized spacial score (nSPS) is 16.2. The second kappa shape index (κ2) is 3.77. The number of halogens is 1. The van der Waals surface area contributed by atoms with Crippen LogP contribution >= 0.6 is 15.9 Å². The molecule has 0 aliphatic heterocycles. The number of hydrogen-bond acceptors (Lipinski definition) is 1. The van der Waals surface area contributed by atoms with Crippen LogP contribution in [0.25, 0.3) is 0 Å². The molecule has 0 aromatic carbocycles. The molecule has 0 radical (unpaired) electrons.